The summed E-state index contributed by atoms with van der Waals surface area (Å²) in [4.78, 5) is 39.9. The van der Waals surface area contributed by atoms with Crippen LogP contribution in [0.4, 0.5) is 14.9 Å². The molecule has 1 aliphatic carbocycles. The van der Waals surface area contributed by atoms with Gasteiger partial charge in [0, 0.05) is 12.3 Å². The molecule has 0 fully saturated rings. The fourth-order valence-electron chi connectivity index (χ4n) is 4.89. The quantitative estimate of drug-likeness (QED) is 0.293. The first-order chi connectivity index (χ1) is 16.0. The van der Waals surface area contributed by atoms with Gasteiger partial charge in [0.25, 0.3) is 0 Å². The van der Waals surface area contributed by atoms with Gasteiger partial charge in [-0.25, -0.2) is 14.1 Å². The number of fused-ring (bicyclic) bond motifs is 2. The van der Waals surface area contributed by atoms with Crippen molar-refractivity contribution < 1.29 is 37.1 Å². The van der Waals surface area contributed by atoms with Gasteiger partial charge in [-0.1, -0.05) is 12.2 Å². The van der Waals surface area contributed by atoms with E-state index >= 15 is 0 Å². The van der Waals surface area contributed by atoms with E-state index in [1.807, 2.05) is 0 Å². The lowest BCUT2D eigenvalue weighted by Crippen LogP contribution is -2.56. The van der Waals surface area contributed by atoms with Gasteiger partial charge in [-0.05, 0) is 64.8 Å². The van der Waals surface area contributed by atoms with Crippen molar-refractivity contribution >= 4 is 31.6 Å². The number of allylic oxidation sites excluding steroid dienone is 2. The predicted molar refractivity (Wildman–Crippen MR) is 124 cm³/mol. The van der Waals surface area contributed by atoms with Gasteiger partial charge in [0.1, 0.15) is 17.7 Å². The predicted octanol–water partition coefficient (Wildman–Crippen LogP) is 5.15. The molecule has 0 radical (unpaired) electrons. The Balaban J connectivity index is 2.33. The molecule has 0 saturated heterocycles. The number of amides is 2. The maximum absolute atomic E-state index is 14.6. The third-order valence-electron chi connectivity index (χ3n) is 5.97. The average molecular weight is 495 g/mol. The van der Waals surface area contributed by atoms with Crippen LogP contribution in [0.3, 0.4) is 0 Å². The summed E-state index contributed by atoms with van der Waals surface area (Å²) < 4.78 is 45.4. The zero-order chi connectivity index (χ0) is 25.3. The van der Waals surface area contributed by atoms with Gasteiger partial charge >= 0.3 is 13.7 Å². The van der Waals surface area contributed by atoms with Gasteiger partial charge in [-0.15, -0.1) is 0 Å². The molecule has 34 heavy (non-hydrogen) atoms. The van der Waals surface area contributed by atoms with Crippen LogP contribution in [-0.2, 0) is 33.4 Å². The molecule has 1 heterocycles. The summed E-state index contributed by atoms with van der Waals surface area (Å²) in [5, 5.41) is 0. The van der Waals surface area contributed by atoms with Crippen molar-refractivity contribution in [3.63, 3.8) is 0 Å². The third-order valence-corrected chi connectivity index (χ3v) is 8.58. The molecule has 0 saturated carbocycles. The first-order valence-corrected chi connectivity index (χ1v) is 12.9. The Bertz CT molecular complexity index is 1040. The fraction of sp³-hybridized carbons (Fsp3) is 0.542. The second-order valence-electron chi connectivity index (χ2n) is 9.22. The van der Waals surface area contributed by atoms with E-state index < -0.39 is 48.0 Å². The zero-order valence-electron chi connectivity index (χ0n) is 20.1. The van der Waals surface area contributed by atoms with Crippen LogP contribution in [0.25, 0.3) is 0 Å². The molecule has 0 unspecified atom stereocenters. The molecule has 2 amide bonds. The van der Waals surface area contributed by atoms with Crippen LogP contribution in [0.5, 0.6) is 0 Å². The van der Waals surface area contributed by atoms with Crippen LogP contribution >= 0.6 is 7.60 Å². The second kappa shape index (κ2) is 9.72. The smallest absolute Gasteiger partial charge is 0.421 e. The summed E-state index contributed by atoms with van der Waals surface area (Å²) in [5.41, 5.74) is -3.45. The van der Waals surface area contributed by atoms with Crippen molar-refractivity contribution in [3.8, 4) is 0 Å². The lowest BCUT2D eigenvalue weighted by atomic mass is 9.64. The van der Waals surface area contributed by atoms with Crippen molar-refractivity contribution in [1.82, 2.24) is 0 Å². The van der Waals surface area contributed by atoms with Crippen molar-refractivity contribution in [1.29, 1.82) is 0 Å². The second-order valence-corrected chi connectivity index (χ2v) is 11.4. The largest absolute Gasteiger partial charge is 0.443 e. The summed E-state index contributed by atoms with van der Waals surface area (Å²) in [7, 11) is -3.97. The number of hydrogen-bond acceptors (Lipinski definition) is 7. The van der Waals surface area contributed by atoms with E-state index in [4.69, 9.17) is 13.8 Å². The molecule has 0 aromatic heterocycles. The minimum absolute atomic E-state index is 0.0475. The number of halogens is 1. The standard InChI is InChI=1S/C24H31FNO7P/c1-6-31-34(30,32-7-2)20-10-8-9-16(13-14-27)24(20)18-15-17(25)11-12-19(18)26(21(24)28)22(29)33-23(3,4)5/h8-9,11-12,14-16,20H,6-7,10,13H2,1-5H3/t16-,20+,24-/m1/s1. The van der Waals surface area contributed by atoms with E-state index in [0.717, 1.165) is 17.0 Å². The SMILES string of the molecule is CCOP(=O)(OCC)[C@H]1CC=C[C@H](CC=O)[C@]12C(=O)N(C(=O)OC(C)(C)C)c1ccc(F)cc12. The molecule has 10 heteroatoms. The molecule has 0 bridgehead atoms. The first-order valence-electron chi connectivity index (χ1n) is 11.3. The summed E-state index contributed by atoms with van der Waals surface area (Å²) in [5.74, 6) is -2.19. The molecule has 1 aliphatic heterocycles. The van der Waals surface area contributed by atoms with Crippen LogP contribution in [0.15, 0.2) is 30.4 Å². The number of aldehydes is 1. The topological polar surface area (TPSA) is 99.2 Å². The molecule has 0 N–H and O–H groups in total. The van der Waals surface area contributed by atoms with E-state index in [1.54, 1.807) is 46.8 Å². The summed E-state index contributed by atoms with van der Waals surface area (Å²) in [6.45, 7) is 8.37. The van der Waals surface area contributed by atoms with Crippen molar-refractivity contribution in [2.24, 2.45) is 5.92 Å². The number of hydrogen-bond donors (Lipinski definition) is 0. The molecule has 3 rings (SSSR count). The van der Waals surface area contributed by atoms with Gasteiger partial charge in [0.2, 0.25) is 5.91 Å². The molecule has 2 aliphatic rings. The highest BCUT2D eigenvalue weighted by Gasteiger charge is 2.66. The van der Waals surface area contributed by atoms with Crippen molar-refractivity contribution in [2.75, 3.05) is 18.1 Å². The van der Waals surface area contributed by atoms with Crippen molar-refractivity contribution in [2.45, 2.75) is 64.1 Å². The normalized spacial score (nSPS) is 24.4. The Labute approximate surface area is 199 Å². The van der Waals surface area contributed by atoms with E-state index in [-0.39, 0.29) is 37.3 Å². The van der Waals surface area contributed by atoms with Crippen LogP contribution < -0.4 is 4.90 Å². The number of anilines is 1. The molecule has 1 aromatic carbocycles. The Morgan fingerprint density at radius 3 is 2.47 bits per heavy atom. The Kier molecular flexibility index (Phi) is 7.51. The van der Waals surface area contributed by atoms with Gasteiger partial charge < -0.3 is 18.6 Å². The zero-order valence-corrected chi connectivity index (χ0v) is 21.0. The molecular weight excluding hydrogens is 464 g/mol. The number of imide groups is 1. The minimum Gasteiger partial charge on any atom is -0.443 e. The maximum atomic E-state index is 14.6. The highest BCUT2D eigenvalue weighted by molar-refractivity contribution is 7.54. The molecule has 1 aromatic rings. The average Bonchev–Trinajstić information content (AvgIpc) is 2.97. The van der Waals surface area contributed by atoms with Gasteiger partial charge in [-0.2, -0.15) is 0 Å². The summed E-state index contributed by atoms with van der Waals surface area (Å²) in [6.07, 6.45) is 3.09. The number of ether oxygens (including phenoxy) is 1. The fourth-order valence-corrected chi connectivity index (χ4v) is 7.37. The minimum atomic E-state index is -3.97. The Morgan fingerprint density at radius 1 is 1.26 bits per heavy atom. The maximum Gasteiger partial charge on any atom is 0.421 e. The molecule has 8 nitrogen and oxygen atoms in total. The van der Waals surface area contributed by atoms with Crippen LogP contribution in [0, 0.1) is 11.7 Å². The van der Waals surface area contributed by atoms with E-state index in [2.05, 4.69) is 0 Å². The Hall–Kier alpha value is -2.35. The number of carbonyl (C=O) groups is 3. The molecular formula is C24H31FNO7P. The monoisotopic (exact) mass is 495 g/mol. The third kappa shape index (κ3) is 4.37. The first kappa shape index (κ1) is 26.3. The summed E-state index contributed by atoms with van der Waals surface area (Å²) in [6, 6.07) is 3.61. The summed E-state index contributed by atoms with van der Waals surface area (Å²) >= 11 is 0. The lowest BCUT2D eigenvalue weighted by molar-refractivity contribution is -0.125. The van der Waals surface area contributed by atoms with Gasteiger partial charge in [0.05, 0.1) is 30.0 Å². The number of nitrogens with zero attached hydrogens (tertiary/aromatic N) is 1. The number of carbonyl (C=O) groups excluding carboxylic acids is 3. The highest BCUT2D eigenvalue weighted by atomic mass is 31.2. The van der Waals surface area contributed by atoms with Crippen LogP contribution in [0.1, 0.15) is 53.0 Å². The van der Waals surface area contributed by atoms with Crippen LogP contribution in [0.2, 0.25) is 0 Å². The number of rotatable bonds is 7. The molecule has 186 valence electrons. The van der Waals surface area contributed by atoms with Crippen molar-refractivity contribution in [3.05, 3.63) is 41.7 Å². The molecule has 3 atom stereocenters. The number of benzene rings is 1. The Morgan fingerprint density at radius 2 is 1.91 bits per heavy atom. The van der Waals surface area contributed by atoms with Gasteiger partial charge in [0.15, 0.2) is 0 Å². The van der Waals surface area contributed by atoms with Gasteiger partial charge in [-0.3, -0.25) is 9.36 Å². The highest BCUT2D eigenvalue weighted by Crippen LogP contribution is 2.66. The van der Waals surface area contributed by atoms with E-state index in [9.17, 15) is 23.3 Å². The van der Waals surface area contributed by atoms with E-state index in [0.29, 0.717) is 6.29 Å². The molecule has 1 spiro atoms. The lowest BCUT2D eigenvalue weighted by Gasteiger charge is -2.45. The van der Waals surface area contributed by atoms with Crippen LogP contribution in [-0.4, -0.2) is 42.8 Å². The van der Waals surface area contributed by atoms with E-state index in [1.165, 1.54) is 6.07 Å².